The first-order chi connectivity index (χ1) is 9.86. The number of nitrogens with one attached hydrogen (secondary N) is 1. The normalized spacial score (nSPS) is 32.6. The first kappa shape index (κ1) is 16.8. The molecule has 2 aliphatic carbocycles. The van der Waals surface area contributed by atoms with Gasteiger partial charge in [0.25, 0.3) is 0 Å². The van der Waals surface area contributed by atoms with Gasteiger partial charge >= 0.3 is 0 Å². The molecule has 0 aliphatic heterocycles. The first-order valence-corrected chi connectivity index (χ1v) is 8.94. The summed E-state index contributed by atoms with van der Waals surface area (Å²) in [6.45, 7) is 6.78. The van der Waals surface area contributed by atoms with Gasteiger partial charge in [-0.2, -0.15) is 0 Å². The third-order valence-electron chi connectivity index (χ3n) is 5.71. The van der Waals surface area contributed by atoms with Gasteiger partial charge in [-0.15, -0.1) is 0 Å². The summed E-state index contributed by atoms with van der Waals surface area (Å²) in [5.74, 6) is 0.228. The summed E-state index contributed by atoms with van der Waals surface area (Å²) >= 11 is 0. The maximum Gasteiger partial charge on any atom is 0.238 e. The van der Waals surface area contributed by atoms with Crippen LogP contribution in [-0.4, -0.2) is 17.5 Å². The van der Waals surface area contributed by atoms with Crippen molar-refractivity contribution in [1.82, 2.24) is 5.32 Å². The Labute approximate surface area is 130 Å². The highest BCUT2D eigenvalue weighted by Crippen LogP contribution is 2.45. The van der Waals surface area contributed by atoms with Crippen molar-refractivity contribution in [2.45, 2.75) is 96.6 Å². The minimum absolute atomic E-state index is 0.118. The Kier molecular flexibility index (Phi) is 5.34. The van der Waals surface area contributed by atoms with Crippen LogP contribution in [0, 0.1) is 11.3 Å². The molecule has 2 unspecified atom stereocenters. The molecule has 3 nitrogen and oxygen atoms in total. The molecule has 0 heterocycles. The molecule has 122 valence electrons. The summed E-state index contributed by atoms with van der Waals surface area (Å²) in [7, 11) is 0. The minimum Gasteiger partial charge on any atom is -0.368 e. The van der Waals surface area contributed by atoms with Crippen LogP contribution in [0.25, 0.3) is 0 Å². The number of rotatable bonds is 3. The lowest BCUT2D eigenvalue weighted by atomic mass is 9.61. The molecule has 0 aromatic carbocycles. The van der Waals surface area contributed by atoms with Crippen molar-refractivity contribution >= 4 is 5.91 Å². The van der Waals surface area contributed by atoms with E-state index in [1.807, 2.05) is 0 Å². The summed E-state index contributed by atoms with van der Waals surface area (Å²) in [4.78, 5) is 12.5. The van der Waals surface area contributed by atoms with E-state index in [2.05, 4.69) is 26.1 Å². The number of carbonyl (C=O) groups excluding carboxylic acids is 1. The highest BCUT2D eigenvalue weighted by Gasteiger charge is 2.50. The summed E-state index contributed by atoms with van der Waals surface area (Å²) in [5.41, 5.74) is 5.58. The molecule has 2 aliphatic rings. The maximum atomic E-state index is 12.5. The molecule has 2 atom stereocenters. The van der Waals surface area contributed by atoms with Crippen LogP contribution in [0.15, 0.2) is 0 Å². The monoisotopic (exact) mass is 294 g/mol. The second-order valence-corrected chi connectivity index (χ2v) is 8.33. The molecular formula is C18H34N2O. The number of primary amides is 1. The van der Waals surface area contributed by atoms with Crippen molar-refractivity contribution in [2.75, 3.05) is 0 Å². The molecule has 0 radical (unpaired) electrons. The zero-order valence-electron chi connectivity index (χ0n) is 14.2. The lowest BCUT2D eigenvalue weighted by Crippen LogP contribution is -2.66. The van der Waals surface area contributed by atoms with Crippen molar-refractivity contribution in [1.29, 1.82) is 0 Å². The standard InChI is InChI=1S/C18H34N2O/c1-17(2,3)15-12-8-9-13-18(15,16(19)21)20-14-10-6-4-5-7-11-14/h14-15,20H,4-13H2,1-3H3,(H2,19,21). The molecule has 21 heavy (non-hydrogen) atoms. The van der Waals surface area contributed by atoms with E-state index in [0.29, 0.717) is 12.0 Å². The van der Waals surface area contributed by atoms with Crippen molar-refractivity contribution in [3.05, 3.63) is 0 Å². The van der Waals surface area contributed by atoms with Gasteiger partial charge in [0.15, 0.2) is 0 Å². The van der Waals surface area contributed by atoms with Gasteiger partial charge in [0.05, 0.1) is 0 Å². The van der Waals surface area contributed by atoms with Crippen LogP contribution in [0.4, 0.5) is 0 Å². The van der Waals surface area contributed by atoms with Gasteiger partial charge in [0, 0.05) is 6.04 Å². The second kappa shape index (κ2) is 6.68. The van der Waals surface area contributed by atoms with E-state index in [-0.39, 0.29) is 11.3 Å². The Morgan fingerprint density at radius 2 is 1.57 bits per heavy atom. The Morgan fingerprint density at radius 1 is 1.00 bits per heavy atom. The van der Waals surface area contributed by atoms with E-state index in [4.69, 9.17) is 5.73 Å². The fraction of sp³-hybridized carbons (Fsp3) is 0.944. The zero-order chi connectivity index (χ0) is 15.5. The van der Waals surface area contributed by atoms with Crippen LogP contribution in [-0.2, 0) is 4.79 Å². The molecule has 3 N–H and O–H groups in total. The fourth-order valence-electron chi connectivity index (χ4n) is 4.67. The smallest absolute Gasteiger partial charge is 0.238 e. The molecular weight excluding hydrogens is 260 g/mol. The van der Waals surface area contributed by atoms with Crippen LogP contribution >= 0.6 is 0 Å². The van der Waals surface area contributed by atoms with E-state index >= 15 is 0 Å². The average Bonchev–Trinajstić information content (AvgIpc) is 2.66. The minimum atomic E-state index is -0.481. The van der Waals surface area contributed by atoms with Gasteiger partial charge in [-0.05, 0) is 37.0 Å². The number of carbonyl (C=O) groups is 1. The Morgan fingerprint density at radius 3 is 2.10 bits per heavy atom. The Balaban J connectivity index is 2.22. The SMILES string of the molecule is CC(C)(C)C1CCCCC1(NC1CCCCCC1)C(N)=O. The van der Waals surface area contributed by atoms with Gasteiger partial charge in [-0.1, -0.05) is 59.3 Å². The summed E-state index contributed by atoms with van der Waals surface area (Å²) < 4.78 is 0. The third-order valence-corrected chi connectivity index (χ3v) is 5.71. The van der Waals surface area contributed by atoms with Crippen molar-refractivity contribution in [2.24, 2.45) is 17.1 Å². The second-order valence-electron chi connectivity index (χ2n) is 8.33. The predicted molar refractivity (Wildman–Crippen MR) is 88.0 cm³/mol. The van der Waals surface area contributed by atoms with Crippen LogP contribution in [0.5, 0.6) is 0 Å². The number of hydrogen-bond donors (Lipinski definition) is 2. The van der Waals surface area contributed by atoms with Gasteiger partial charge in [0.1, 0.15) is 5.54 Å². The first-order valence-electron chi connectivity index (χ1n) is 8.94. The molecule has 0 bridgehead atoms. The maximum absolute atomic E-state index is 12.5. The van der Waals surface area contributed by atoms with Crippen LogP contribution < -0.4 is 11.1 Å². The molecule has 2 rings (SSSR count). The Bertz CT molecular complexity index is 353. The third kappa shape index (κ3) is 3.80. The highest BCUT2D eigenvalue weighted by molar-refractivity contribution is 5.85. The van der Waals surface area contributed by atoms with Crippen LogP contribution in [0.2, 0.25) is 0 Å². The van der Waals surface area contributed by atoms with Gasteiger partial charge in [-0.25, -0.2) is 0 Å². The van der Waals surface area contributed by atoms with E-state index in [1.54, 1.807) is 0 Å². The zero-order valence-corrected chi connectivity index (χ0v) is 14.2. The van der Waals surface area contributed by atoms with Crippen LogP contribution in [0.3, 0.4) is 0 Å². The van der Waals surface area contributed by atoms with Crippen LogP contribution in [0.1, 0.15) is 85.0 Å². The summed E-state index contributed by atoms with van der Waals surface area (Å²) in [6.07, 6.45) is 12.0. The number of hydrogen-bond acceptors (Lipinski definition) is 2. The van der Waals surface area contributed by atoms with E-state index in [1.165, 1.54) is 44.9 Å². The molecule has 0 saturated heterocycles. The molecule has 1 amide bonds. The van der Waals surface area contributed by atoms with Crippen molar-refractivity contribution in [3.63, 3.8) is 0 Å². The average molecular weight is 294 g/mol. The molecule has 3 heteroatoms. The van der Waals surface area contributed by atoms with E-state index in [9.17, 15) is 4.79 Å². The molecule has 0 spiro atoms. The predicted octanol–water partition coefficient (Wildman–Crippen LogP) is 3.76. The fourth-order valence-corrected chi connectivity index (χ4v) is 4.67. The number of amides is 1. The van der Waals surface area contributed by atoms with Gasteiger partial charge < -0.3 is 11.1 Å². The number of nitrogens with two attached hydrogens (primary N) is 1. The highest BCUT2D eigenvalue weighted by atomic mass is 16.1. The summed E-state index contributed by atoms with van der Waals surface area (Å²) in [6, 6.07) is 0.475. The topological polar surface area (TPSA) is 55.1 Å². The largest absolute Gasteiger partial charge is 0.368 e. The van der Waals surface area contributed by atoms with E-state index in [0.717, 1.165) is 19.3 Å². The van der Waals surface area contributed by atoms with E-state index < -0.39 is 5.54 Å². The molecule has 0 aromatic rings. The molecule has 2 saturated carbocycles. The summed E-state index contributed by atoms with van der Waals surface area (Å²) in [5, 5.41) is 3.79. The molecule has 2 fully saturated rings. The lowest BCUT2D eigenvalue weighted by molar-refractivity contribution is -0.131. The van der Waals surface area contributed by atoms with Gasteiger partial charge in [0.2, 0.25) is 5.91 Å². The quantitative estimate of drug-likeness (QED) is 0.779. The lowest BCUT2D eigenvalue weighted by Gasteiger charge is -2.50. The van der Waals surface area contributed by atoms with Crippen molar-refractivity contribution < 1.29 is 4.79 Å². The van der Waals surface area contributed by atoms with Crippen molar-refractivity contribution in [3.8, 4) is 0 Å². The molecule has 0 aromatic heterocycles. The van der Waals surface area contributed by atoms with Gasteiger partial charge in [-0.3, -0.25) is 4.79 Å². The Hall–Kier alpha value is -0.570.